The first kappa shape index (κ1) is 16.6. The number of carboxylic acids is 1. The molecule has 8 nitrogen and oxygen atoms in total. The summed E-state index contributed by atoms with van der Waals surface area (Å²) in [5.41, 5.74) is 0. The number of carbonyl (C=O) groups excluding carboxylic acids is 1. The van der Waals surface area contributed by atoms with Crippen molar-refractivity contribution >= 4 is 22.0 Å². The SMILES string of the molecule is CCNS(=O)(=O)CCNC(=O)NCC(C)C(=O)O. The number of amides is 2. The molecular formula is C9H19N3O5S. The third kappa shape index (κ3) is 7.85. The zero-order chi connectivity index (χ0) is 14.2. The van der Waals surface area contributed by atoms with Gasteiger partial charge in [0.1, 0.15) is 0 Å². The lowest BCUT2D eigenvalue weighted by atomic mass is 10.2. The monoisotopic (exact) mass is 281 g/mol. The van der Waals surface area contributed by atoms with Gasteiger partial charge in [-0.1, -0.05) is 13.8 Å². The zero-order valence-electron chi connectivity index (χ0n) is 10.4. The van der Waals surface area contributed by atoms with Gasteiger partial charge in [-0.15, -0.1) is 0 Å². The lowest BCUT2D eigenvalue weighted by Gasteiger charge is -2.10. The number of nitrogens with one attached hydrogen (secondary N) is 3. The summed E-state index contributed by atoms with van der Waals surface area (Å²) in [7, 11) is -3.36. The van der Waals surface area contributed by atoms with Gasteiger partial charge in [0.15, 0.2) is 0 Å². The van der Waals surface area contributed by atoms with E-state index in [9.17, 15) is 18.0 Å². The van der Waals surface area contributed by atoms with Gasteiger partial charge < -0.3 is 15.7 Å². The summed E-state index contributed by atoms with van der Waals surface area (Å²) in [4.78, 5) is 21.7. The fourth-order valence-electron chi connectivity index (χ4n) is 0.987. The van der Waals surface area contributed by atoms with Crippen LogP contribution < -0.4 is 15.4 Å². The van der Waals surface area contributed by atoms with Gasteiger partial charge in [0.2, 0.25) is 10.0 Å². The Labute approximate surface area is 106 Å². The Morgan fingerprint density at radius 3 is 2.39 bits per heavy atom. The molecule has 106 valence electrons. The third-order valence-electron chi connectivity index (χ3n) is 2.01. The van der Waals surface area contributed by atoms with Crippen LogP contribution in [0, 0.1) is 5.92 Å². The lowest BCUT2D eigenvalue weighted by Crippen LogP contribution is -2.42. The molecule has 0 rings (SSSR count). The predicted octanol–water partition coefficient (Wildman–Crippen LogP) is -1.05. The number of urea groups is 1. The van der Waals surface area contributed by atoms with Gasteiger partial charge in [-0.05, 0) is 0 Å². The van der Waals surface area contributed by atoms with Gasteiger partial charge in [-0.25, -0.2) is 17.9 Å². The molecule has 0 aromatic carbocycles. The molecule has 0 radical (unpaired) electrons. The van der Waals surface area contributed by atoms with Crippen molar-refractivity contribution in [2.75, 3.05) is 25.4 Å². The molecule has 18 heavy (non-hydrogen) atoms. The van der Waals surface area contributed by atoms with E-state index in [1.54, 1.807) is 6.92 Å². The van der Waals surface area contributed by atoms with Crippen molar-refractivity contribution in [1.82, 2.24) is 15.4 Å². The maximum atomic E-state index is 11.2. The molecule has 9 heteroatoms. The highest BCUT2D eigenvalue weighted by molar-refractivity contribution is 7.89. The minimum atomic E-state index is -3.36. The highest BCUT2D eigenvalue weighted by atomic mass is 32.2. The topological polar surface area (TPSA) is 125 Å². The molecule has 1 unspecified atom stereocenters. The minimum Gasteiger partial charge on any atom is -0.481 e. The molecule has 0 bridgehead atoms. The standard InChI is InChI=1S/C9H19N3O5S/c1-3-12-18(16,17)5-4-10-9(15)11-6-7(2)8(13)14/h7,12H,3-6H2,1-2H3,(H,13,14)(H2,10,11,15). The van der Waals surface area contributed by atoms with Crippen LogP contribution in [0.3, 0.4) is 0 Å². The Bertz CT molecular complexity index is 382. The van der Waals surface area contributed by atoms with E-state index in [0.29, 0.717) is 6.54 Å². The van der Waals surface area contributed by atoms with E-state index in [0.717, 1.165) is 0 Å². The van der Waals surface area contributed by atoms with Crippen molar-refractivity contribution in [2.24, 2.45) is 5.92 Å². The predicted molar refractivity (Wildman–Crippen MR) is 65.7 cm³/mol. The molecule has 0 saturated carbocycles. The average Bonchev–Trinajstić information content (AvgIpc) is 2.25. The highest BCUT2D eigenvalue weighted by Crippen LogP contribution is 1.90. The van der Waals surface area contributed by atoms with Crippen LogP contribution in [-0.2, 0) is 14.8 Å². The first-order chi connectivity index (χ1) is 8.28. The summed E-state index contributed by atoms with van der Waals surface area (Å²) in [6.07, 6.45) is 0. The van der Waals surface area contributed by atoms with E-state index in [4.69, 9.17) is 5.11 Å². The van der Waals surface area contributed by atoms with Crippen LogP contribution in [0.4, 0.5) is 4.79 Å². The Balaban J connectivity index is 3.82. The first-order valence-corrected chi connectivity index (χ1v) is 7.15. The maximum Gasteiger partial charge on any atom is 0.314 e. The van der Waals surface area contributed by atoms with E-state index in [-0.39, 0.29) is 18.8 Å². The van der Waals surface area contributed by atoms with Crippen molar-refractivity contribution in [1.29, 1.82) is 0 Å². The maximum absolute atomic E-state index is 11.2. The molecule has 0 spiro atoms. The third-order valence-corrected chi connectivity index (χ3v) is 3.48. The zero-order valence-corrected chi connectivity index (χ0v) is 11.2. The second-order valence-corrected chi connectivity index (χ2v) is 5.62. The molecule has 0 saturated heterocycles. The first-order valence-electron chi connectivity index (χ1n) is 5.50. The minimum absolute atomic E-state index is 0.0128. The Hall–Kier alpha value is -1.35. The molecule has 1 atom stereocenters. The number of sulfonamides is 1. The molecule has 4 N–H and O–H groups in total. The Morgan fingerprint density at radius 2 is 1.89 bits per heavy atom. The summed E-state index contributed by atoms with van der Waals surface area (Å²) in [6, 6.07) is -0.588. The highest BCUT2D eigenvalue weighted by Gasteiger charge is 2.12. The fourth-order valence-corrected chi connectivity index (χ4v) is 1.94. The van der Waals surface area contributed by atoms with E-state index in [2.05, 4.69) is 15.4 Å². The van der Waals surface area contributed by atoms with Crippen LogP contribution >= 0.6 is 0 Å². The molecular weight excluding hydrogens is 262 g/mol. The average molecular weight is 281 g/mol. The smallest absolute Gasteiger partial charge is 0.314 e. The van der Waals surface area contributed by atoms with Crippen LogP contribution in [0.1, 0.15) is 13.8 Å². The van der Waals surface area contributed by atoms with Crippen molar-refractivity contribution in [3.05, 3.63) is 0 Å². The van der Waals surface area contributed by atoms with Gasteiger partial charge in [-0.3, -0.25) is 4.79 Å². The molecule has 0 fully saturated rings. The Kier molecular flexibility index (Phi) is 7.29. The van der Waals surface area contributed by atoms with Crippen molar-refractivity contribution in [3.8, 4) is 0 Å². The van der Waals surface area contributed by atoms with Gasteiger partial charge in [0.05, 0.1) is 11.7 Å². The summed E-state index contributed by atoms with van der Waals surface area (Å²) in [5, 5.41) is 13.2. The van der Waals surface area contributed by atoms with Gasteiger partial charge in [0, 0.05) is 19.6 Å². The fraction of sp³-hybridized carbons (Fsp3) is 0.778. The molecule has 0 aliphatic carbocycles. The summed E-state index contributed by atoms with van der Waals surface area (Å²) in [5.74, 6) is -1.92. The van der Waals surface area contributed by atoms with Gasteiger partial charge in [0.25, 0.3) is 0 Å². The van der Waals surface area contributed by atoms with E-state index in [1.165, 1.54) is 6.92 Å². The van der Waals surface area contributed by atoms with Crippen LogP contribution in [0.5, 0.6) is 0 Å². The van der Waals surface area contributed by atoms with Crippen LogP contribution in [0.25, 0.3) is 0 Å². The number of carboxylic acid groups (broad SMARTS) is 1. The summed E-state index contributed by atoms with van der Waals surface area (Å²) < 4.78 is 24.7. The lowest BCUT2D eigenvalue weighted by molar-refractivity contribution is -0.140. The van der Waals surface area contributed by atoms with Gasteiger partial charge in [-0.2, -0.15) is 0 Å². The largest absolute Gasteiger partial charge is 0.481 e. The number of aliphatic carboxylic acids is 1. The van der Waals surface area contributed by atoms with Crippen molar-refractivity contribution in [3.63, 3.8) is 0 Å². The van der Waals surface area contributed by atoms with Crippen LogP contribution in [0.2, 0.25) is 0 Å². The second kappa shape index (κ2) is 7.88. The summed E-state index contributed by atoms with van der Waals surface area (Å²) >= 11 is 0. The van der Waals surface area contributed by atoms with Crippen molar-refractivity contribution in [2.45, 2.75) is 13.8 Å². The van der Waals surface area contributed by atoms with Crippen LogP contribution in [0.15, 0.2) is 0 Å². The van der Waals surface area contributed by atoms with E-state index >= 15 is 0 Å². The van der Waals surface area contributed by atoms with Gasteiger partial charge >= 0.3 is 12.0 Å². The molecule has 0 aliphatic rings. The number of hydrogen-bond donors (Lipinski definition) is 4. The second-order valence-electron chi connectivity index (χ2n) is 3.69. The summed E-state index contributed by atoms with van der Waals surface area (Å²) in [6.45, 7) is 3.36. The van der Waals surface area contributed by atoms with Crippen molar-refractivity contribution < 1.29 is 23.1 Å². The molecule has 0 heterocycles. The molecule has 0 aliphatic heterocycles. The quantitative estimate of drug-likeness (QED) is 0.451. The Morgan fingerprint density at radius 1 is 1.28 bits per heavy atom. The number of carbonyl (C=O) groups is 2. The molecule has 0 aromatic heterocycles. The van der Waals surface area contributed by atoms with E-state index in [1.807, 2.05) is 0 Å². The van der Waals surface area contributed by atoms with E-state index < -0.39 is 27.9 Å². The normalized spacial score (nSPS) is 12.8. The van der Waals surface area contributed by atoms with Crippen LogP contribution in [-0.4, -0.2) is 50.9 Å². The molecule has 2 amide bonds. The number of hydrogen-bond acceptors (Lipinski definition) is 4. The number of rotatable bonds is 8. The molecule has 0 aromatic rings.